The van der Waals surface area contributed by atoms with Gasteiger partial charge in [-0.05, 0) is 87.4 Å². The molecule has 1 fully saturated rings. The predicted molar refractivity (Wildman–Crippen MR) is 143 cm³/mol. The third-order valence-corrected chi connectivity index (χ3v) is 6.86. The van der Waals surface area contributed by atoms with Crippen molar-refractivity contribution in [3.05, 3.63) is 97.3 Å². The highest BCUT2D eigenvalue weighted by Gasteiger charge is 2.36. The van der Waals surface area contributed by atoms with Crippen molar-refractivity contribution in [2.75, 3.05) is 11.9 Å². The molecule has 0 unspecified atom stereocenters. The molecule has 4 rings (SSSR count). The van der Waals surface area contributed by atoms with E-state index in [1.54, 1.807) is 60.7 Å². The first kappa shape index (κ1) is 25.3. The molecule has 0 spiro atoms. The number of ether oxygens (including phenoxy) is 1. The molecule has 1 aliphatic rings. The van der Waals surface area contributed by atoms with Gasteiger partial charge in [-0.25, -0.2) is 0 Å². The number of carbonyl (C=O) groups excluding carboxylic acids is 3. The number of thioether (sulfide) groups is 1. The number of rotatable bonds is 7. The van der Waals surface area contributed by atoms with Crippen LogP contribution in [0.3, 0.4) is 0 Å². The van der Waals surface area contributed by atoms with E-state index in [1.165, 1.54) is 0 Å². The van der Waals surface area contributed by atoms with Crippen LogP contribution in [0.5, 0.6) is 5.75 Å². The van der Waals surface area contributed by atoms with Crippen molar-refractivity contribution in [2.24, 2.45) is 0 Å². The Bertz CT molecular complexity index is 1330. The molecule has 10 heteroatoms. The van der Waals surface area contributed by atoms with Gasteiger partial charge in [-0.2, -0.15) is 0 Å². The third-order valence-electron chi connectivity index (χ3n) is 4.84. The maximum absolute atomic E-state index is 12.8. The van der Waals surface area contributed by atoms with Crippen LogP contribution in [-0.4, -0.2) is 28.5 Å². The van der Waals surface area contributed by atoms with Crippen molar-refractivity contribution >= 4 is 79.7 Å². The minimum Gasteiger partial charge on any atom is -0.488 e. The van der Waals surface area contributed by atoms with E-state index >= 15 is 0 Å². The maximum Gasteiger partial charge on any atom is 0.294 e. The van der Waals surface area contributed by atoms with Crippen molar-refractivity contribution in [3.63, 3.8) is 0 Å². The smallest absolute Gasteiger partial charge is 0.294 e. The average Bonchev–Trinajstić information content (AvgIpc) is 3.07. The van der Waals surface area contributed by atoms with Crippen LogP contribution in [0.2, 0.25) is 10.0 Å². The number of amides is 3. The summed E-state index contributed by atoms with van der Waals surface area (Å²) in [5, 5.41) is 3.24. The lowest BCUT2D eigenvalue weighted by Gasteiger charge is -2.12. The number of imide groups is 1. The minimum atomic E-state index is -0.527. The van der Waals surface area contributed by atoms with E-state index in [9.17, 15) is 14.4 Å². The summed E-state index contributed by atoms with van der Waals surface area (Å²) in [6, 6.07) is 19.3. The molecule has 1 aliphatic heterocycles. The second-order valence-corrected chi connectivity index (χ2v) is 10.2. The third kappa shape index (κ3) is 6.67. The van der Waals surface area contributed by atoms with Gasteiger partial charge in [-0.15, -0.1) is 0 Å². The topological polar surface area (TPSA) is 75.7 Å². The van der Waals surface area contributed by atoms with Crippen LogP contribution >= 0.6 is 50.9 Å². The summed E-state index contributed by atoms with van der Waals surface area (Å²) in [7, 11) is 0. The average molecular weight is 592 g/mol. The molecule has 0 bridgehead atoms. The first-order valence-corrected chi connectivity index (χ1v) is 12.6. The van der Waals surface area contributed by atoms with Gasteiger partial charge in [0.2, 0.25) is 5.91 Å². The Morgan fingerprint density at radius 2 is 1.80 bits per heavy atom. The highest BCUT2D eigenvalue weighted by Crippen LogP contribution is 2.34. The summed E-state index contributed by atoms with van der Waals surface area (Å²) in [4.78, 5) is 38.6. The minimum absolute atomic E-state index is 0.229. The molecule has 1 N–H and O–H groups in total. The monoisotopic (exact) mass is 590 g/mol. The number of benzene rings is 3. The number of nitrogens with one attached hydrogen (secondary N) is 1. The standard InChI is InChI=1S/C25H17BrCl2N2O4S/c26-20-10-16(6-9-21(20)34-14-15-4-7-17(27)8-5-15)11-22-24(32)30(25(33)35-22)13-23(31)29-19-3-1-2-18(28)12-19/h1-12H,13-14H2,(H,29,31)/b22-11+. The summed E-state index contributed by atoms with van der Waals surface area (Å²) in [6.45, 7) is -0.0268. The first-order valence-electron chi connectivity index (χ1n) is 10.3. The Labute approximate surface area is 224 Å². The number of carbonyl (C=O) groups is 3. The van der Waals surface area contributed by atoms with Crippen molar-refractivity contribution in [1.29, 1.82) is 0 Å². The fourth-order valence-electron chi connectivity index (χ4n) is 3.16. The Morgan fingerprint density at radius 1 is 1.03 bits per heavy atom. The molecule has 0 atom stereocenters. The van der Waals surface area contributed by atoms with Crippen LogP contribution in [0, 0.1) is 0 Å². The summed E-state index contributed by atoms with van der Waals surface area (Å²) in [6.07, 6.45) is 1.60. The summed E-state index contributed by atoms with van der Waals surface area (Å²) in [5.41, 5.74) is 2.15. The van der Waals surface area contributed by atoms with Gasteiger partial charge in [0, 0.05) is 15.7 Å². The molecule has 35 heavy (non-hydrogen) atoms. The molecular formula is C25H17BrCl2N2O4S. The van der Waals surface area contributed by atoms with Crippen LogP contribution in [0.4, 0.5) is 10.5 Å². The molecule has 178 valence electrons. The first-order chi connectivity index (χ1) is 16.8. The van der Waals surface area contributed by atoms with E-state index in [0.717, 1.165) is 22.2 Å². The van der Waals surface area contributed by atoms with E-state index in [-0.39, 0.29) is 4.91 Å². The van der Waals surface area contributed by atoms with E-state index in [4.69, 9.17) is 27.9 Å². The fraction of sp³-hybridized carbons (Fsp3) is 0.0800. The molecular weight excluding hydrogens is 575 g/mol. The van der Waals surface area contributed by atoms with Crippen molar-refractivity contribution < 1.29 is 19.1 Å². The Hall–Kier alpha value is -2.78. The Morgan fingerprint density at radius 3 is 2.51 bits per heavy atom. The van der Waals surface area contributed by atoms with Crippen LogP contribution < -0.4 is 10.1 Å². The molecule has 3 aromatic carbocycles. The molecule has 3 amide bonds. The lowest BCUT2D eigenvalue weighted by molar-refractivity contribution is -0.127. The van der Waals surface area contributed by atoms with Gasteiger partial charge in [-0.1, -0.05) is 47.5 Å². The van der Waals surface area contributed by atoms with Crippen LogP contribution in [0.25, 0.3) is 6.08 Å². The van der Waals surface area contributed by atoms with Crippen molar-refractivity contribution in [1.82, 2.24) is 4.90 Å². The molecule has 0 saturated carbocycles. The summed E-state index contributed by atoms with van der Waals surface area (Å²) >= 11 is 16.1. The van der Waals surface area contributed by atoms with Crippen LogP contribution in [0.15, 0.2) is 76.1 Å². The second-order valence-electron chi connectivity index (χ2n) is 7.43. The normalized spacial score (nSPS) is 14.5. The van der Waals surface area contributed by atoms with E-state index in [0.29, 0.717) is 38.1 Å². The number of hydrogen-bond acceptors (Lipinski definition) is 5. The van der Waals surface area contributed by atoms with E-state index in [1.807, 2.05) is 12.1 Å². The van der Waals surface area contributed by atoms with Gasteiger partial charge >= 0.3 is 0 Å². The molecule has 6 nitrogen and oxygen atoms in total. The lowest BCUT2D eigenvalue weighted by Crippen LogP contribution is -2.36. The van der Waals surface area contributed by atoms with Crippen molar-refractivity contribution in [2.45, 2.75) is 6.61 Å². The molecule has 1 heterocycles. The molecule has 0 aromatic heterocycles. The molecule has 0 radical (unpaired) electrons. The largest absolute Gasteiger partial charge is 0.488 e. The van der Waals surface area contributed by atoms with E-state index in [2.05, 4.69) is 21.2 Å². The second kappa shape index (κ2) is 11.3. The van der Waals surface area contributed by atoms with Crippen LogP contribution in [0.1, 0.15) is 11.1 Å². The van der Waals surface area contributed by atoms with Gasteiger partial charge in [0.05, 0.1) is 9.38 Å². The maximum atomic E-state index is 12.8. The van der Waals surface area contributed by atoms with Crippen LogP contribution in [-0.2, 0) is 16.2 Å². The summed E-state index contributed by atoms with van der Waals surface area (Å²) < 4.78 is 6.54. The number of anilines is 1. The number of nitrogens with zero attached hydrogens (tertiary/aromatic N) is 1. The van der Waals surface area contributed by atoms with Gasteiger partial charge in [0.25, 0.3) is 11.1 Å². The SMILES string of the molecule is O=C(CN1C(=O)S/C(=C/c2ccc(OCc3ccc(Cl)cc3)c(Br)c2)C1=O)Nc1cccc(Cl)c1. The highest BCUT2D eigenvalue weighted by atomic mass is 79.9. The number of hydrogen-bond donors (Lipinski definition) is 1. The Balaban J connectivity index is 1.39. The zero-order chi connectivity index (χ0) is 24.9. The van der Waals surface area contributed by atoms with Gasteiger partial charge in [0.15, 0.2) is 0 Å². The zero-order valence-electron chi connectivity index (χ0n) is 18.0. The Kier molecular flexibility index (Phi) is 8.18. The zero-order valence-corrected chi connectivity index (χ0v) is 21.9. The number of halogens is 3. The van der Waals surface area contributed by atoms with Crippen molar-refractivity contribution in [3.8, 4) is 5.75 Å². The molecule has 3 aromatic rings. The lowest BCUT2D eigenvalue weighted by atomic mass is 10.2. The van der Waals surface area contributed by atoms with E-state index < -0.39 is 23.6 Å². The predicted octanol–water partition coefficient (Wildman–Crippen LogP) is 7.01. The molecule has 1 saturated heterocycles. The fourth-order valence-corrected chi connectivity index (χ4v) is 4.83. The highest BCUT2D eigenvalue weighted by molar-refractivity contribution is 9.10. The molecule has 0 aliphatic carbocycles. The van der Waals surface area contributed by atoms with Gasteiger partial charge < -0.3 is 10.1 Å². The van der Waals surface area contributed by atoms with Gasteiger partial charge in [0.1, 0.15) is 18.9 Å². The summed E-state index contributed by atoms with van der Waals surface area (Å²) in [5.74, 6) is -0.399. The van der Waals surface area contributed by atoms with Gasteiger partial charge in [-0.3, -0.25) is 19.3 Å². The quantitative estimate of drug-likeness (QED) is 0.299.